The molecule has 5 heteroatoms. The molecule has 1 aliphatic carbocycles. The third kappa shape index (κ3) is 3.93. The monoisotopic (exact) mass is 285 g/mol. The van der Waals surface area contributed by atoms with E-state index in [1.165, 1.54) is 38.5 Å². The molecule has 0 aliphatic heterocycles. The lowest BCUT2D eigenvalue weighted by Crippen LogP contribution is -2.36. The summed E-state index contributed by atoms with van der Waals surface area (Å²) in [5.74, 6) is 0.995. The number of nitrogens with zero attached hydrogens (tertiary/aromatic N) is 2. The maximum Gasteiger partial charge on any atom is 0.170 e. The van der Waals surface area contributed by atoms with Gasteiger partial charge in [-0.1, -0.05) is 44.4 Å². The van der Waals surface area contributed by atoms with Crippen LogP contribution in [0, 0.1) is 0 Å². The third-order valence-electron chi connectivity index (χ3n) is 3.59. The van der Waals surface area contributed by atoms with Crippen LogP contribution in [0.1, 0.15) is 51.3 Å². The van der Waals surface area contributed by atoms with Gasteiger partial charge in [-0.15, -0.1) is 0 Å². The Morgan fingerprint density at radius 1 is 1.28 bits per heavy atom. The number of hydrogen-bond acceptors (Lipinski definition) is 5. The van der Waals surface area contributed by atoms with Crippen LogP contribution >= 0.6 is 23.3 Å². The SMILES string of the molecule is CCc1nsc(SC2CCCCCCC2NC)n1. The first-order chi connectivity index (χ1) is 8.83. The van der Waals surface area contributed by atoms with E-state index in [4.69, 9.17) is 0 Å². The highest BCUT2D eigenvalue weighted by molar-refractivity contribution is 8.01. The first-order valence-electron chi connectivity index (χ1n) is 7.00. The normalized spacial score (nSPS) is 25.7. The number of thioether (sulfide) groups is 1. The Hall–Kier alpha value is -0.130. The summed E-state index contributed by atoms with van der Waals surface area (Å²) in [5.41, 5.74) is 0. The van der Waals surface area contributed by atoms with Gasteiger partial charge in [0, 0.05) is 17.7 Å². The van der Waals surface area contributed by atoms with E-state index in [-0.39, 0.29) is 0 Å². The fourth-order valence-corrected chi connectivity index (χ4v) is 4.77. The highest BCUT2D eigenvalue weighted by Gasteiger charge is 2.23. The Morgan fingerprint density at radius 2 is 2.06 bits per heavy atom. The molecule has 18 heavy (non-hydrogen) atoms. The van der Waals surface area contributed by atoms with Gasteiger partial charge < -0.3 is 5.32 Å². The average molecular weight is 285 g/mol. The van der Waals surface area contributed by atoms with Crippen LogP contribution in [0.5, 0.6) is 0 Å². The first kappa shape index (κ1) is 14.3. The van der Waals surface area contributed by atoms with Crippen molar-refractivity contribution < 1.29 is 0 Å². The van der Waals surface area contributed by atoms with E-state index in [0.29, 0.717) is 11.3 Å². The van der Waals surface area contributed by atoms with Crippen LogP contribution in [0.15, 0.2) is 4.34 Å². The number of nitrogens with one attached hydrogen (secondary N) is 1. The zero-order chi connectivity index (χ0) is 12.8. The van der Waals surface area contributed by atoms with E-state index in [2.05, 4.69) is 28.6 Å². The molecule has 2 rings (SSSR count). The van der Waals surface area contributed by atoms with Gasteiger partial charge >= 0.3 is 0 Å². The summed E-state index contributed by atoms with van der Waals surface area (Å²) in [5, 5.41) is 4.16. The minimum Gasteiger partial charge on any atom is -0.316 e. The molecule has 2 unspecified atom stereocenters. The van der Waals surface area contributed by atoms with Gasteiger partial charge in [-0.05, 0) is 31.4 Å². The first-order valence-corrected chi connectivity index (χ1v) is 8.65. The lowest BCUT2D eigenvalue weighted by molar-refractivity contribution is 0.420. The van der Waals surface area contributed by atoms with Crippen molar-refractivity contribution >= 4 is 23.3 Å². The third-order valence-corrected chi connectivity index (χ3v) is 5.81. The molecule has 2 atom stereocenters. The molecule has 102 valence electrons. The van der Waals surface area contributed by atoms with E-state index in [1.54, 1.807) is 11.5 Å². The van der Waals surface area contributed by atoms with E-state index >= 15 is 0 Å². The van der Waals surface area contributed by atoms with Crippen molar-refractivity contribution in [3.05, 3.63) is 5.82 Å². The maximum absolute atomic E-state index is 4.59. The molecule has 0 aromatic carbocycles. The highest BCUT2D eigenvalue weighted by Crippen LogP contribution is 2.33. The second kappa shape index (κ2) is 7.46. The van der Waals surface area contributed by atoms with Gasteiger partial charge in [-0.2, -0.15) is 4.37 Å². The van der Waals surface area contributed by atoms with Crippen molar-refractivity contribution in [3.8, 4) is 0 Å². The maximum atomic E-state index is 4.59. The minimum absolute atomic E-state index is 0.629. The molecular formula is C13H23N3S2. The van der Waals surface area contributed by atoms with Gasteiger partial charge in [-0.25, -0.2) is 4.98 Å². The van der Waals surface area contributed by atoms with Crippen LogP contribution in [-0.2, 0) is 6.42 Å². The second-order valence-corrected chi connectivity index (χ2v) is 7.11. The smallest absolute Gasteiger partial charge is 0.170 e. The molecule has 1 aromatic heterocycles. The van der Waals surface area contributed by atoms with Crippen LogP contribution in [0.4, 0.5) is 0 Å². The van der Waals surface area contributed by atoms with Gasteiger partial charge in [-0.3, -0.25) is 0 Å². The molecule has 1 fully saturated rings. The summed E-state index contributed by atoms with van der Waals surface area (Å²) < 4.78 is 5.53. The lowest BCUT2D eigenvalue weighted by atomic mass is 9.96. The largest absolute Gasteiger partial charge is 0.316 e. The van der Waals surface area contributed by atoms with Gasteiger partial charge in [0.1, 0.15) is 5.82 Å². The van der Waals surface area contributed by atoms with Crippen molar-refractivity contribution in [2.45, 2.75) is 67.5 Å². The number of aryl methyl sites for hydroxylation is 1. The van der Waals surface area contributed by atoms with E-state index in [1.807, 2.05) is 11.8 Å². The zero-order valence-corrected chi connectivity index (χ0v) is 12.9. The van der Waals surface area contributed by atoms with Gasteiger partial charge in [0.05, 0.1) is 0 Å². The quantitative estimate of drug-likeness (QED) is 0.919. The average Bonchev–Trinajstić information content (AvgIpc) is 2.81. The summed E-state index contributed by atoms with van der Waals surface area (Å²) in [6, 6.07) is 0.629. The van der Waals surface area contributed by atoms with Crippen LogP contribution in [0.25, 0.3) is 0 Å². The summed E-state index contributed by atoms with van der Waals surface area (Å²) in [4.78, 5) is 4.59. The van der Waals surface area contributed by atoms with E-state index in [9.17, 15) is 0 Å². The standard InChI is InChI=1S/C13H23N3S2/c1-3-12-15-13(18-16-12)17-11-9-7-5-4-6-8-10(11)14-2/h10-11,14H,3-9H2,1-2H3. The summed E-state index contributed by atoms with van der Waals surface area (Å²) in [7, 11) is 2.09. The molecule has 1 saturated carbocycles. The molecule has 1 aliphatic rings. The fraction of sp³-hybridized carbons (Fsp3) is 0.846. The van der Waals surface area contributed by atoms with Gasteiger partial charge in [0.15, 0.2) is 4.34 Å². The van der Waals surface area contributed by atoms with Crippen molar-refractivity contribution in [2.24, 2.45) is 0 Å². The van der Waals surface area contributed by atoms with Crippen LogP contribution in [0.2, 0.25) is 0 Å². The molecule has 1 aromatic rings. The zero-order valence-electron chi connectivity index (χ0n) is 11.3. The Bertz CT molecular complexity index is 354. The van der Waals surface area contributed by atoms with Crippen molar-refractivity contribution in [3.63, 3.8) is 0 Å². The fourth-order valence-electron chi connectivity index (χ4n) is 2.48. The molecule has 1 N–H and O–H groups in total. The minimum atomic E-state index is 0.629. The van der Waals surface area contributed by atoms with E-state index in [0.717, 1.165) is 16.6 Å². The Kier molecular flexibility index (Phi) is 5.92. The summed E-state index contributed by atoms with van der Waals surface area (Å²) >= 11 is 3.50. The predicted octanol–water partition coefficient (Wildman–Crippen LogP) is 3.50. The summed E-state index contributed by atoms with van der Waals surface area (Å²) in [6.07, 6.45) is 9.05. The Morgan fingerprint density at radius 3 is 2.72 bits per heavy atom. The second-order valence-electron chi connectivity index (χ2n) is 4.87. The lowest BCUT2D eigenvalue weighted by Gasteiger charge is -2.27. The van der Waals surface area contributed by atoms with Crippen molar-refractivity contribution in [1.29, 1.82) is 0 Å². The number of rotatable bonds is 4. The van der Waals surface area contributed by atoms with Crippen LogP contribution < -0.4 is 5.32 Å². The molecule has 3 nitrogen and oxygen atoms in total. The van der Waals surface area contributed by atoms with E-state index < -0.39 is 0 Å². The summed E-state index contributed by atoms with van der Waals surface area (Å²) in [6.45, 7) is 2.11. The van der Waals surface area contributed by atoms with Gasteiger partial charge in [0.25, 0.3) is 0 Å². The predicted molar refractivity (Wildman–Crippen MR) is 79.5 cm³/mol. The Labute approximate surface area is 118 Å². The highest BCUT2D eigenvalue weighted by atomic mass is 32.2. The van der Waals surface area contributed by atoms with Crippen LogP contribution in [0.3, 0.4) is 0 Å². The molecular weight excluding hydrogens is 262 g/mol. The van der Waals surface area contributed by atoms with Gasteiger partial charge in [0.2, 0.25) is 0 Å². The molecule has 0 bridgehead atoms. The number of aromatic nitrogens is 2. The van der Waals surface area contributed by atoms with Crippen molar-refractivity contribution in [2.75, 3.05) is 7.05 Å². The topological polar surface area (TPSA) is 37.8 Å². The van der Waals surface area contributed by atoms with Crippen molar-refractivity contribution in [1.82, 2.24) is 14.7 Å². The molecule has 0 amide bonds. The molecule has 0 spiro atoms. The molecule has 0 saturated heterocycles. The Balaban J connectivity index is 1.98. The molecule has 0 radical (unpaired) electrons. The number of hydrogen-bond donors (Lipinski definition) is 1. The molecule has 1 heterocycles. The van der Waals surface area contributed by atoms with Crippen LogP contribution in [-0.4, -0.2) is 27.7 Å².